The molecular formula is C34H29NO2. The van der Waals surface area contributed by atoms with Crippen LogP contribution in [0.2, 0.25) is 0 Å². The van der Waals surface area contributed by atoms with Gasteiger partial charge in [0.15, 0.2) is 11.6 Å². The highest BCUT2D eigenvalue weighted by molar-refractivity contribution is 6.40. The van der Waals surface area contributed by atoms with Crippen LogP contribution >= 0.6 is 0 Å². The Bertz CT molecular complexity index is 1410. The van der Waals surface area contributed by atoms with E-state index in [1.54, 1.807) is 24.3 Å². The first-order valence-electron chi connectivity index (χ1n) is 12.6. The quantitative estimate of drug-likeness (QED) is 0.278. The zero-order valence-corrected chi connectivity index (χ0v) is 21.4. The van der Waals surface area contributed by atoms with Crippen LogP contribution in [-0.4, -0.2) is 23.0 Å². The first-order valence-corrected chi connectivity index (χ1v) is 12.6. The number of allylic oxidation sites excluding steroid dienone is 6. The van der Waals surface area contributed by atoms with E-state index in [1.165, 1.54) is 11.1 Å². The molecule has 0 saturated heterocycles. The molecule has 0 bridgehead atoms. The molecule has 1 heterocycles. The van der Waals surface area contributed by atoms with E-state index >= 15 is 0 Å². The van der Waals surface area contributed by atoms with Crippen LogP contribution in [0.15, 0.2) is 120 Å². The molecule has 1 aliphatic carbocycles. The molecule has 5 rings (SSSR count). The SMILES string of the molecule is CCN1C(/C=C/c2ccc(C)cc2)=CC(=C2C(=O)c3ccccc3C2=O)C=C1/C=C/c1ccc(C)cc1. The highest BCUT2D eigenvalue weighted by atomic mass is 16.2. The fourth-order valence-electron chi connectivity index (χ4n) is 4.68. The zero-order chi connectivity index (χ0) is 25.9. The summed E-state index contributed by atoms with van der Waals surface area (Å²) in [5.41, 5.74) is 8.27. The van der Waals surface area contributed by atoms with E-state index in [2.05, 4.69) is 98.5 Å². The molecule has 0 radical (unpaired) electrons. The van der Waals surface area contributed by atoms with Gasteiger partial charge in [0, 0.05) is 29.1 Å². The van der Waals surface area contributed by atoms with Crippen molar-refractivity contribution >= 4 is 23.7 Å². The van der Waals surface area contributed by atoms with Crippen LogP contribution in [0, 0.1) is 13.8 Å². The van der Waals surface area contributed by atoms with Crippen molar-refractivity contribution in [3.8, 4) is 0 Å². The molecule has 0 unspecified atom stereocenters. The van der Waals surface area contributed by atoms with E-state index in [0.29, 0.717) is 16.7 Å². The Morgan fingerprint density at radius 3 is 1.46 bits per heavy atom. The van der Waals surface area contributed by atoms with Crippen molar-refractivity contribution in [2.75, 3.05) is 6.54 Å². The van der Waals surface area contributed by atoms with Crippen LogP contribution in [-0.2, 0) is 0 Å². The first-order chi connectivity index (χ1) is 17.9. The largest absolute Gasteiger partial charge is 0.342 e. The third kappa shape index (κ3) is 4.94. The lowest BCUT2D eigenvalue weighted by atomic mass is 9.97. The predicted molar refractivity (Wildman–Crippen MR) is 151 cm³/mol. The summed E-state index contributed by atoms with van der Waals surface area (Å²) < 4.78 is 0. The summed E-state index contributed by atoms with van der Waals surface area (Å²) in [6.45, 7) is 6.97. The van der Waals surface area contributed by atoms with Crippen molar-refractivity contribution in [2.24, 2.45) is 0 Å². The van der Waals surface area contributed by atoms with Gasteiger partial charge < -0.3 is 4.90 Å². The van der Waals surface area contributed by atoms with Crippen molar-refractivity contribution in [2.45, 2.75) is 20.8 Å². The molecule has 2 aliphatic rings. The summed E-state index contributed by atoms with van der Waals surface area (Å²) in [7, 11) is 0. The van der Waals surface area contributed by atoms with Gasteiger partial charge in [-0.2, -0.15) is 0 Å². The van der Waals surface area contributed by atoms with Crippen LogP contribution in [0.1, 0.15) is 49.9 Å². The Labute approximate surface area is 218 Å². The Kier molecular flexibility index (Phi) is 6.70. The van der Waals surface area contributed by atoms with Crippen molar-refractivity contribution in [1.29, 1.82) is 0 Å². The number of hydrogen-bond donors (Lipinski definition) is 0. The van der Waals surface area contributed by atoms with Crippen LogP contribution in [0.4, 0.5) is 0 Å². The Hall–Kier alpha value is -4.50. The third-order valence-electron chi connectivity index (χ3n) is 6.75. The molecule has 3 aromatic carbocycles. The van der Waals surface area contributed by atoms with Crippen LogP contribution < -0.4 is 0 Å². The monoisotopic (exact) mass is 483 g/mol. The summed E-state index contributed by atoms with van der Waals surface area (Å²) in [4.78, 5) is 28.8. The normalized spacial score (nSPS) is 15.6. The maximum Gasteiger partial charge on any atom is 0.198 e. The Morgan fingerprint density at radius 2 is 1.05 bits per heavy atom. The van der Waals surface area contributed by atoms with Gasteiger partial charge in [-0.05, 0) is 61.8 Å². The van der Waals surface area contributed by atoms with Crippen molar-refractivity contribution < 1.29 is 9.59 Å². The molecule has 1 aliphatic heterocycles. The van der Waals surface area contributed by atoms with Crippen LogP contribution in [0.5, 0.6) is 0 Å². The summed E-state index contributed by atoms with van der Waals surface area (Å²) in [6, 6.07) is 23.7. The second-order valence-corrected chi connectivity index (χ2v) is 9.40. The van der Waals surface area contributed by atoms with Gasteiger partial charge in [0.05, 0.1) is 5.57 Å². The third-order valence-corrected chi connectivity index (χ3v) is 6.75. The van der Waals surface area contributed by atoms with Gasteiger partial charge in [0.25, 0.3) is 0 Å². The van der Waals surface area contributed by atoms with Gasteiger partial charge >= 0.3 is 0 Å². The molecule has 0 spiro atoms. The maximum absolute atomic E-state index is 13.3. The van der Waals surface area contributed by atoms with Crippen molar-refractivity contribution in [3.63, 3.8) is 0 Å². The van der Waals surface area contributed by atoms with Gasteiger partial charge in [0.1, 0.15) is 0 Å². The number of carbonyl (C=O) groups is 2. The summed E-state index contributed by atoms with van der Waals surface area (Å²) >= 11 is 0. The number of hydrogen-bond acceptors (Lipinski definition) is 3. The minimum absolute atomic E-state index is 0.211. The molecule has 3 aromatic rings. The molecule has 0 aromatic heterocycles. The smallest absolute Gasteiger partial charge is 0.198 e. The molecule has 0 saturated carbocycles. The van der Waals surface area contributed by atoms with E-state index in [9.17, 15) is 9.59 Å². The number of nitrogens with zero attached hydrogens (tertiary/aromatic N) is 1. The average molecular weight is 484 g/mol. The lowest BCUT2D eigenvalue weighted by Gasteiger charge is -2.29. The minimum atomic E-state index is -0.211. The van der Waals surface area contributed by atoms with Gasteiger partial charge in [-0.15, -0.1) is 0 Å². The number of likely N-dealkylation sites (N-methyl/N-ethyl adjacent to an activating group) is 1. The van der Waals surface area contributed by atoms with Crippen LogP contribution in [0.3, 0.4) is 0 Å². The molecule has 3 nitrogen and oxygen atoms in total. The summed E-state index contributed by atoms with van der Waals surface area (Å²) in [5.74, 6) is -0.423. The first kappa shape index (κ1) is 24.2. The number of aryl methyl sites for hydroxylation is 2. The molecule has 0 N–H and O–H groups in total. The van der Waals surface area contributed by atoms with Gasteiger partial charge in [-0.25, -0.2) is 0 Å². The van der Waals surface area contributed by atoms with E-state index in [1.807, 2.05) is 12.2 Å². The average Bonchev–Trinajstić information content (AvgIpc) is 3.17. The standard InChI is InChI=1S/C34H29NO2/c1-4-35-28(19-17-25-13-9-23(2)10-14-25)21-27(22-29(35)20-18-26-15-11-24(3)12-16-26)32-33(36)30-7-5-6-8-31(30)34(32)37/h5-22H,4H2,1-3H3/b19-17+,20-18+. The lowest BCUT2D eigenvalue weighted by molar-refractivity contribution is 0.0988. The Morgan fingerprint density at radius 1 is 0.622 bits per heavy atom. The number of carbonyl (C=O) groups excluding carboxylic acids is 2. The number of benzene rings is 3. The van der Waals surface area contributed by atoms with Gasteiger partial charge in [-0.1, -0.05) is 96.1 Å². The molecule has 182 valence electrons. The maximum atomic E-state index is 13.3. The zero-order valence-electron chi connectivity index (χ0n) is 21.4. The summed E-state index contributed by atoms with van der Waals surface area (Å²) in [5, 5.41) is 0. The van der Waals surface area contributed by atoms with E-state index in [4.69, 9.17) is 0 Å². The number of ketones is 2. The topological polar surface area (TPSA) is 37.4 Å². The molecular weight excluding hydrogens is 454 g/mol. The summed E-state index contributed by atoms with van der Waals surface area (Å²) in [6.07, 6.45) is 12.1. The molecule has 0 fully saturated rings. The van der Waals surface area contributed by atoms with Gasteiger partial charge in [0.2, 0.25) is 0 Å². The minimum Gasteiger partial charge on any atom is -0.342 e. The second-order valence-electron chi connectivity index (χ2n) is 9.40. The predicted octanol–water partition coefficient (Wildman–Crippen LogP) is 7.51. The molecule has 0 atom stereocenters. The van der Waals surface area contributed by atoms with Crippen LogP contribution in [0.25, 0.3) is 12.2 Å². The molecule has 3 heteroatoms. The number of rotatable bonds is 5. The molecule has 0 amide bonds. The van der Waals surface area contributed by atoms with Crippen molar-refractivity contribution in [3.05, 3.63) is 153 Å². The second kappa shape index (κ2) is 10.2. The number of fused-ring (bicyclic) bond motifs is 1. The van der Waals surface area contributed by atoms with E-state index in [0.717, 1.165) is 29.1 Å². The highest BCUT2D eigenvalue weighted by Crippen LogP contribution is 2.34. The highest BCUT2D eigenvalue weighted by Gasteiger charge is 2.35. The fraction of sp³-hybridized carbons (Fsp3) is 0.118. The fourth-order valence-corrected chi connectivity index (χ4v) is 4.68. The molecule has 37 heavy (non-hydrogen) atoms. The van der Waals surface area contributed by atoms with Crippen molar-refractivity contribution in [1.82, 2.24) is 4.90 Å². The lowest BCUT2D eigenvalue weighted by Crippen LogP contribution is -2.23. The number of Topliss-reactive ketones (excluding diaryl/α,β-unsaturated/α-hetero) is 2. The van der Waals surface area contributed by atoms with Gasteiger partial charge in [-0.3, -0.25) is 9.59 Å². The Balaban J connectivity index is 1.61. The van der Waals surface area contributed by atoms with E-state index < -0.39 is 0 Å². The van der Waals surface area contributed by atoms with E-state index in [-0.39, 0.29) is 17.1 Å².